The molecule has 4 aliphatic rings. The fourth-order valence-corrected chi connectivity index (χ4v) is 5.75. The first-order chi connectivity index (χ1) is 20.2. The first-order valence-corrected chi connectivity index (χ1v) is 13.9. The quantitative estimate of drug-likeness (QED) is 0.112. The van der Waals surface area contributed by atoms with Gasteiger partial charge in [0.1, 0.15) is 61.0 Å². The second-order valence-electron chi connectivity index (χ2n) is 11.3. The molecule has 0 unspecified atom stereocenters. The van der Waals surface area contributed by atoms with Crippen molar-refractivity contribution in [3.8, 4) is 0 Å². The molecule has 3 aliphatic heterocycles. The molecule has 4 rings (SSSR count). The van der Waals surface area contributed by atoms with E-state index in [1.165, 1.54) is 0 Å². The van der Waals surface area contributed by atoms with E-state index >= 15 is 0 Å². The molecular formula is C23H44F2N6O12. The van der Waals surface area contributed by atoms with Gasteiger partial charge < -0.3 is 93.5 Å². The molecule has 3 heterocycles. The van der Waals surface area contributed by atoms with Crippen LogP contribution in [-0.4, -0.2) is 166 Å². The van der Waals surface area contributed by atoms with Crippen molar-refractivity contribution >= 4 is 0 Å². The van der Waals surface area contributed by atoms with Gasteiger partial charge in [0.25, 0.3) is 0 Å². The minimum atomic E-state index is -3.78. The van der Waals surface area contributed by atoms with Crippen molar-refractivity contribution in [1.82, 2.24) is 0 Å². The van der Waals surface area contributed by atoms with E-state index in [1.807, 2.05) is 0 Å². The van der Waals surface area contributed by atoms with Crippen LogP contribution < -0.4 is 34.4 Å². The van der Waals surface area contributed by atoms with Crippen molar-refractivity contribution in [3.05, 3.63) is 0 Å². The average Bonchev–Trinajstić information content (AvgIpc) is 3.27. The lowest BCUT2D eigenvalue weighted by Crippen LogP contribution is -2.69. The minimum absolute atomic E-state index is 0.0147. The van der Waals surface area contributed by atoms with Gasteiger partial charge in [-0.3, -0.25) is 0 Å². The van der Waals surface area contributed by atoms with Gasteiger partial charge in [0, 0.05) is 25.2 Å². The molecule has 18 N–H and O–H groups in total. The summed E-state index contributed by atoms with van der Waals surface area (Å²) in [6.07, 6.45) is -21.6. The standard InChI is InChI=1S/C23H44F2N6O12/c24-23(25)9(3-27)40-21(11(31)19(23)37)41-16-6(29)1-5(28)12(33)18(16)43-22-15(36)17(8(4-32)39-22)42-20-10(30)14(35)13(34)7(2-26)38-20/h5-22,32-37H,1-4,26-31H2/t5-,6+,7+,8-,9-,10-,11-,12+,13-,14-,15-,16-,17-,18-,19-,20-,21-,22+/m1/s1. The number of ether oxygens (including phenoxy) is 6. The molecule has 4 fully saturated rings. The van der Waals surface area contributed by atoms with Crippen molar-refractivity contribution < 1.29 is 67.8 Å². The Morgan fingerprint density at radius 1 is 0.651 bits per heavy atom. The largest absolute Gasteiger partial charge is 0.394 e. The SMILES string of the molecule is NC[C@@H]1O[C@H](O[C@H]2[C@@H](O)[C@H](O[C@@H]3[C@@H](O)[C@H](N)C[C@H](N)[C@H]3O[C@H]3O[C@H](CN)C(F)(F)[C@H](O)[C@H]3N)O[C@@H]2CO)[C@H](N)[C@@H](O)[C@@H]1O. The number of alkyl halides is 2. The zero-order valence-electron chi connectivity index (χ0n) is 23.1. The van der Waals surface area contributed by atoms with Crippen LogP contribution in [0.1, 0.15) is 6.42 Å². The first-order valence-electron chi connectivity index (χ1n) is 13.9. The van der Waals surface area contributed by atoms with Gasteiger partial charge >= 0.3 is 5.92 Å². The third-order valence-electron chi connectivity index (χ3n) is 8.41. The van der Waals surface area contributed by atoms with Crippen LogP contribution in [0.25, 0.3) is 0 Å². The second-order valence-corrected chi connectivity index (χ2v) is 11.3. The van der Waals surface area contributed by atoms with Gasteiger partial charge in [-0.1, -0.05) is 0 Å². The molecule has 0 radical (unpaired) electrons. The Morgan fingerprint density at radius 2 is 1.23 bits per heavy atom. The minimum Gasteiger partial charge on any atom is -0.394 e. The normalized spacial score (nSPS) is 52.3. The summed E-state index contributed by atoms with van der Waals surface area (Å²) in [5.74, 6) is -3.78. The van der Waals surface area contributed by atoms with Gasteiger partial charge in [-0.15, -0.1) is 0 Å². The van der Waals surface area contributed by atoms with E-state index in [1.54, 1.807) is 0 Å². The molecule has 18 atom stereocenters. The van der Waals surface area contributed by atoms with Crippen LogP contribution in [0.2, 0.25) is 0 Å². The zero-order chi connectivity index (χ0) is 32.0. The van der Waals surface area contributed by atoms with E-state index in [4.69, 9.17) is 62.8 Å². The van der Waals surface area contributed by atoms with Crippen LogP contribution in [0, 0.1) is 0 Å². The van der Waals surface area contributed by atoms with Gasteiger partial charge in [-0.05, 0) is 6.42 Å². The topological polar surface area (TPSA) is 333 Å². The number of aliphatic hydroxyl groups excluding tert-OH is 6. The fraction of sp³-hybridized carbons (Fsp3) is 1.00. The van der Waals surface area contributed by atoms with Crippen LogP contribution in [0.5, 0.6) is 0 Å². The highest BCUT2D eigenvalue weighted by atomic mass is 19.3. The van der Waals surface area contributed by atoms with Crippen LogP contribution in [0.3, 0.4) is 0 Å². The smallest absolute Gasteiger partial charge is 0.302 e. The highest BCUT2D eigenvalue weighted by Gasteiger charge is 2.59. The van der Waals surface area contributed by atoms with Gasteiger partial charge in [0.2, 0.25) is 0 Å². The maximum absolute atomic E-state index is 14.4. The summed E-state index contributed by atoms with van der Waals surface area (Å²) in [6.45, 7) is -1.57. The fourth-order valence-electron chi connectivity index (χ4n) is 5.75. The molecule has 1 saturated carbocycles. The summed E-state index contributed by atoms with van der Waals surface area (Å²) in [7, 11) is 0. The lowest BCUT2D eigenvalue weighted by Gasteiger charge is -2.47. The predicted octanol–water partition coefficient (Wildman–Crippen LogP) is -7.62. The molecule has 20 heteroatoms. The summed E-state index contributed by atoms with van der Waals surface area (Å²) in [5, 5.41) is 62.5. The maximum Gasteiger partial charge on any atom is 0.302 e. The number of hydrogen-bond donors (Lipinski definition) is 12. The van der Waals surface area contributed by atoms with Crippen LogP contribution in [0.15, 0.2) is 0 Å². The molecule has 18 nitrogen and oxygen atoms in total. The predicted molar refractivity (Wildman–Crippen MR) is 137 cm³/mol. The molecular weight excluding hydrogens is 590 g/mol. The molecule has 1 aliphatic carbocycles. The van der Waals surface area contributed by atoms with Crippen LogP contribution in [-0.2, 0) is 28.4 Å². The number of halogens is 2. The summed E-state index contributed by atoms with van der Waals surface area (Å²) >= 11 is 0. The van der Waals surface area contributed by atoms with Crippen molar-refractivity contribution in [1.29, 1.82) is 0 Å². The van der Waals surface area contributed by atoms with Gasteiger partial charge in [-0.2, -0.15) is 0 Å². The zero-order valence-corrected chi connectivity index (χ0v) is 23.1. The summed E-state index contributed by atoms with van der Waals surface area (Å²) in [5.41, 5.74) is 35.0. The van der Waals surface area contributed by atoms with Crippen LogP contribution in [0.4, 0.5) is 8.78 Å². The van der Waals surface area contributed by atoms with Crippen LogP contribution >= 0.6 is 0 Å². The van der Waals surface area contributed by atoms with Crippen molar-refractivity contribution in [2.24, 2.45) is 34.4 Å². The van der Waals surface area contributed by atoms with E-state index in [9.17, 15) is 39.4 Å². The van der Waals surface area contributed by atoms with E-state index in [2.05, 4.69) is 0 Å². The van der Waals surface area contributed by atoms with Crippen molar-refractivity contribution in [3.63, 3.8) is 0 Å². The first kappa shape index (κ1) is 35.0. The maximum atomic E-state index is 14.4. The van der Waals surface area contributed by atoms with E-state index in [-0.39, 0.29) is 13.0 Å². The lowest BCUT2D eigenvalue weighted by atomic mass is 9.84. The highest BCUT2D eigenvalue weighted by molar-refractivity contribution is 5.03. The Hall–Kier alpha value is -0.860. The molecule has 252 valence electrons. The van der Waals surface area contributed by atoms with Crippen molar-refractivity contribution in [2.75, 3.05) is 19.7 Å². The average molecular weight is 635 g/mol. The molecule has 0 aromatic heterocycles. The summed E-state index contributed by atoms with van der Waals surface area (Å²) < 4.78 is 62.7. The van der Waals surface area contributed by atoms with Gasteiger partial charge in [-0.25, -0.2) is 8.78 Å². The molecule has 0 aromatic rings. The summed E-state index contributed by atoms with van der Waals surface area (Å²) in [6, 6.07) is -4.97. The molecule has 0 amide bonds. The number of hydrogen-bond acceptors (Lipinski definition) is 18. The number of nitrogens with two attached hydrogens (primary N) is 6. The molecule has 0 aromatic carbocycles. The summed E-state index contributed by atoms with van der Waals surface area (Å²) in [4.78, 5) is 0. The Morgan fingerprint density at radius 3 is 1.84 bits per heavy atom. The highest BCUT2D eigenvalue weighted by Crippen LogP contribution is 2.37. The van der Waals surface area contributed by atoms with E-state index in [0.29, 0.717) is 0 Å². The Balaban J connectivity index is 1.51. The van der Waals surface area contributed by atoms with Gasteiger partial charge in [0.05, 0.1) is 24.8 Å². The number of aliphatic hydroxyl groups is 6. The van der Waals surface area contributed by atoms with E-state index < -0.39 is 129 Å². The van der Waals surface area contributed by atoms with Gasteiger partial charge in [0.15, 0.2) is 18.9 Å². The number of rotatable bonds is 9. The molecule has 43 heavy (non-hydrogen) atoms. The molecule has 0 spiro atoms. The Bertz CT molecular complexity index is 917. The Labute approximate surface area is 245 Å². The third kappa shape index (κ3) is 6.68. The van der Waals surface area contributed by atoms with Crippen molar-refractivity contribution in [2.45, 2.75) is 123 Å². The molecule has 0 bridgehead atoms. The lowest BCUT2D eigenvalue weighted by molar-refractivity contribution is -0.333. The monoisotopic (exact) mass is 634 g/mol. The second kappa shape index (κ2) is 13.9. The molecule has 3 saturated heterocycles. The Kier molecular flexibility index (Phi) is 11.3. The van der Waals surface area contributed by atoms with E-state index in [0.717, 1.165) is 0 Å². The third-order valence-corrected chi connectivity index (χ3v) is 8.41.